The molecule has 0 spiro atoms. The maximum absolute atomic E-state index is 3.56. The van der Waals surface area contributed by atoms with Crippen LogP contribution in [0.3, 0.4) is 0 Å². The van der Waals surface area contributed by atoms with E-state index in [-0.39, 0.29) is 10.9 Å². The summed E-state index contributed by atoms with van der Waals surface area (Å²) in [6.45, 7) is 9.07. The molecule has 0 saturated carbocycles. The van der Waals surface area contributed by atoms with Gasteiger partial charge in [-0.1, -0.05) is 20.8 Å². The molecule has 2 atom stereocenters. The first-order chi connectivity index (χ1) is 5.07. The molecule has 11 heavy (non-hydrogen) atoms. The monoisotopic (exact) mass is 177 g/mol. The van der Waals surface area contributed by atoms with Gasteiger partial charge in [-0.05, 0) is 24.9 Å². The van der Waals surface area contributed by atoms with E-state index in [4.69, 9.17) is 0 Å². The molecule has 0 aromatic heterocycles. The van der Waals surface area contributed by atoms with Gasteiger partial charge in [0.1, 0.15) is 0 Å². The Hall–Kier alpha value is 0.310. The van der Waals surface area contributed by atoms with E-state index in [1.165, 1.54) is 11.6 Å². The van der Waals surface area contributed by atoms with E-state index in [1.807, 2.05) is 0 Å². The zero-order valence-corrected chi connectivity index (χ0v) is 9.41. The maximum atomic E-state index is 3.56. The summed E-state index contributed by atoms with van der Waals surface area (Å²) >= 11 is 0. The molecular weight excluding hydrogens is 154 g/mol. The van der Waals surface area contributed by atoms with Crippen molar-refractivity contribution in [3.63, 3.8) is 0 Å². The normalized spacial score (nSPS) is 18.5. The van der Waals surface area contributed by atoms with Crippen molar-refractivity contribution < 1.29 is 0 Å². The maximum Gasteiger partial charge on any atom is 0.0238 e. The van der Waals surface area contributed by atoms with Gasteiger partial charge in [-0.15, -0.1) is 0 Å². The number of rotatable bonds is 5. The summed E-state index contributed by atoms with van der Waals surface area (Å²) in [6, 6.07) is 0.673. The average molecular weight is 177 g/mol. The van der Waals surface area contributed by atoms with Crippen molar-refractivity contribution in [2.45, 2.75) is 33.7 Å². The van der Waals surface area contributed by atoms with Crippen molar-refractivity contribution >= 4 is 10.9 Å². The van der Waals surface area contributed by atoms with Crippen molar-refractivity contribution in [2.24, 2.45) is 5.92 Å². The molecule has 0 rings (SSSR count). The SMILES string of the molecule is CC[SH](C)CN[C@H](C)C(C)C. The zero-order chi connectivity index (χ0) is 8.85. The minimum atomic E-state index is 0.253. The molecule has 0 radical (unpaired) electrons. The Morgan fingerprint density at radius 2 is 1.82 bits per heavy atom. The van der Waals surface area contributed by atoms with Crippen LogP contribution in [0.25, 0.3) is 0 Å². The second-order valence-corrected chi connectivity index (χ2v) is 6.23. The molecule has 0 aromatic carbocycles. The Labute approximate surface area is 74.3 Å². The predicted molar refractivity (Wildman–Crippen MR) is 57.8 cm³/mol. The molecule has 1 N–H and O–H groups in total. The second-order valence-electron chi connectivity index (χ2n) is 3.57. The van der Waals surface area contributed by atoms with E-state index in [1.54, 1.807) is 0 Å². The minimum absolute atomic E-state index is 0.253. The van der Waals surface area contributed by atoms with Crippen molar-refractivity contribution in [1.82, 2.24) is 5.32 Å². The number of thiol groups is 1. The summed E-state index contributed by atoms with van der Waals surface area (Å²) in [6.07, 6.45) is 2.36. The van der Waals surface area contributed by atoms with Crippen LogP contribution in [0.15, 0.2) is 0 Å². The highest BCUT2D eigenvalue weighted by molar-refractivity contribution is 8.16. The van der Waals surface area contributed by atoms with Crippen molar-refractivity contribution in [1.29, 1.82) is 0 Å². The van der Waals surface area contributed by atoms with Crippen LogP contribution < -0.4 is 5.32 Å². The van der Waals surface area contributed by atoms with Gasteiger partial charge in [0.15, 0.2) is 0 Å². The highest BCUT2D eigenvalue weighted by atomic mass is 32.2. The van der Waals surface area contributed by atoms with Gasteiger partial charge in [0, 0.05) is 11.9 Å². The standard InChI is InChI=1S/C9H23NS/c1-6-11(5)7-10-9(4)8(2)3/h8-11H,6-7H2,1-5H3/t9-/m1/s1. The lowest BCUT2D eigenvalue weighted by Crippen LogP contribution is -2.31. The molecule has 0 bridgehead atoms. The van der Waals surface area contributed by atoms with E-state index >= 15 is 0 Å². The highest BCUT2D eigenvalue weighted by Crippen LogP contribution is 2.16. The van der Waals surface area contributed by atoms with Crippen LogP contribution in [0.5, 0.6) is 0 Å². The molecule has 1 unspecified atom stereocenters. The van der Waals surface area contributed by atoms with Gasteiger partial charge in [0.25, 0.3) is 0 Å². The summed E-state index contributed by atoms with van der Waals surface area (Å²) in [5.74, 6) is 3.33. The Kier molecular flexibility index (Phi) is 6.06. The average Bonchev–Trinajstić information content (AvgIpc) is 1.99. The van der Waals surface area contributed by atoms with Crippen LogP contribution in [0.4, 0.5) is 0 Å². The van der Waals surface area contributed by atoms with Crippen LogP contribution >= 0.6 is 10.9 Å². The summed E-state index contributed by atoms with van der Waals surface area (Å²) < 4.78 is 0. The predicted octanol–water partition coefficient (Wildman–Crippen LogP) is 2.23. The third-order valence-electron chi connectivity index (χ3n) is 2.22. The van der Waals surface area contributed by atoms with Crippen LogP contribution in [0, 0.1) is 5.92 Å². The molecule has 0 fully saturated rings. The van der Waals surface area contributed by atoms with Gasteiger partial charge in [-0.3, -0.25) is 0 Å². The molecular formula is C9H23NS. The first-order valence-electron chi connectivity index (χ1n) is 4.49. The summed E-state index contributed by atoms with van der Waals surface area (Å²) in [4.78, 5) is 0. The van der Waals surface area contributed by atoms with E-state index in [9.17, 15) is 0 Å². The third kappa shape index (κ3) is 5.57. The third-order valence-corrected chi connectivity index (χ3v) is 4.03. The highest BCUT2D eigenvalue weighted by Gasteiger charge is 2.05. The van der Waals surface area contributed by atoms with Gasteiger partial charge < -0.3 is 5.32 Å². The quantitative estimate of drug-likeness (QED) is 0.614. The van der Waals surface area contributed by atoms with Crippen molar-refractivity contribution in [2.75, 3.05) is 17.9 Å². The molecule has 0 heterocycles. The lowest BCUT2D eigenvalue weighted by molar-refractivity contribution is 0.453. The topological polar surface area (TPSA) is 12.0 Å². The number of nitrogens with one attached hydrogen (secondary N) is 1. The summed E-state index contributed by atoms with van der Waals surface area (Å²) in [5, 5.41) is 3.56. The summed E-state index contributed by atoms with van der Waals surface area (Å²) in [7, 11) is 0.253. The smallest absolute Gasteiger partial charge is 0.0238 e. The molecule has 0 aliphatic heterocycles. The molecule has 0 aliphatic carbocycles. The molecule has 70 valence electrons. The van der Waals surface area contributed by atoms with E-state index in [2.05, 4.69) is 39.3 Å². The van der Waals surface area contributed by atoms with Gasteiger partial charge in [0.05, 0.1) is 0 Å². The molecule has 0 saturated heterocycles. The lowest BCUT2D eigenvalue weighted by atomic mass is 10.1. The van der Waals surface area contributed by atoms with Crippen LogP contribution in [0.1, 0.15) is 27.7 Å². The van der Waals surface area contributed by atoms with E-state index < -0.39 is 0 Å². The fraction of sp³-hybridized carbons (Fsp3) is 1.00. The van der Waals surface area contributed by atoms with Crippen molar-refractivity contribution in [3.05, 3.63) is 0 Å². The first-order valence-corrected chi connectivity index (χ1v) is 6.65. The van der Waals surface area contributed by atoms with Crippen LogP contribution in [0.2, 0.25) is 0 Å². The Balaban J connectivity index is 3.37. The number of hydrogen-bond donors (Lipinski definition) is 2. The first kappa shape index (κ1) is 11.3. The van der Waals surface area contributed by atoms with Crippen molar-refractivity contribution in [3.8, 4) is 0 Å². The minimum Gasteiger partial charge on any atom is -0.307 e. The Morgan fingerprint density at radius 1 is 1.27 bits per heavy atom. The van der Waals surface area contributed by atoms with Gasteiger partial charge >= 0.3 is 0 Å². The lowest BCUT2D eigenvalue weighted by Gasteiger charge is -2.21. The molecule has 0 aromatic rings. The molecule has 0 aliphatic rings. The zero-order valence-electron chi connectivity index (χ0n) is 8.52. The van der Waals surface area contributed by atoms with Gasteiger partial charge in [-0.25, -0.2) is 10.9 Å². The van der Waals surface area contributed by atoms with E-state index in [0.717, 1.165) is 5.92 Å². The second kappa shape index (κ2) is 5.90. The fourth-order valence-corrected chi connectivity index (χ4v) is 1.47. The van der Waals surface area contributed by atoms with Gasteiger partial charge in [0.2, 0.25) is 0 Å². The summed E-state index contributed by atoms with van der Waals surface area (Å²) in [5.41, 5.74) is 0. The largest absolute Gasteiger partial charge is 0.307 e. The molecule has 0 amide bonds. The fourth-order valence-electron chi connectivity index (χ4n) is 0.647. The molecule has 1 nitrogen and oxygen atoms in total. The van der Waals surface area contributed by atoms with Crippen LogP contribution in [-0.2, 0) is 0 Å². The number of hydrogen-bond acceptors (Lipinski definition) is 1. The van der Waals surface area contributed by atoms with Gasteiger partial charge in [-0.2, -0.15) is 0 Å². The Bertz CT molecular complexity index is 93.6. The van der Waals surface area contributed by atoms with Crippen LogP contribution in [-0.4, -0.2) is 23.9 Å². The molecule has 2 heteroatoms. The Morgan fingerprint density at radius 3 is 2.18 bits per heavy atom. The van der Waals surface area contributed by atoms with E-state index in [0.29, 0.717) is 6.04 Å².